The Bertz CT molecular complexity index is 278. The van der Waals surface area contributed by atoms with Gasteiger partial charge in [-0.25, -0.2) is 0 Å². The first-order valence-electron chi connectivity index (χ1n) is 3.18. The largest absolute Gasteiger partial charge is 0.278 e. The van der Waals surface area contributed by atoms with Gasteiger partial charge in [0.25, 0.3) is 0 Å². The SMILES string of the molecule is N#Cc1ccccc1CSN. The summed E-state index contributed by atoms with van der Waals surface area (Å²) in [6.45, 7) is 0. The maximum absolute atomic E-state index is 8.64. The van der Waals surface area contributed by atoms with E-state index in [1.54, 1.807) is 6.07 Å². The van der Waals surface area contributed by atoms with Crippen molar-refractivity contribution in [3.05, 3.63) is 35.4 Å². The third kappa shape index (κ3) is 1.97. The average molecular weight is 164 g/mol. The van der Waals surface area contributed by atoms with Crippen molar-refractivity contribution < 1.29 is 0 Å². The van der Waals surface area contributed by atoms with Crippen LogP contribution in [-0.4, -0.2) is 0 Å². The third-order valence-corrected chi connectivity index (χ3v) is 1.85. The lowest BCUT2D eigenvalue weighted by Gasteiger charge is -1.98. The number of nitriles is 1. The molecule has 0 spiro atoms. The van der Waals surface area contributed by atoms with Crippen molar-refractivity contribution in [3.8, 4) is 6.07 Å². The van der Waals surface area contributed by atoms with E-state index in [1.165, 1.54) is 11.9 Å². The molecule has 0 saturated heterocycles. The van der Waals surface area contributed by atoms with E-state index in [-0.39, 0.29) is 0 Å². The fraction of sp³-hybridized carbons (Fsp3) is 0.125. The molecule has 0 unspecified atom stereocenters. The zero-order valence-corrected chi connectivity index (χ0v) is 6.77. The van der Waals surface area contributed by atoms with Gasteiger partial charge in [-0.15, -0.1) is 0 Å². The molecule has 0 aliphatic carbocycles. The minimum absolute atomic E-state index is 0.698. The molecule has 0 heterocycles. The Balaban J connectivity index is 2.95. The fourth-order valence-corrected chi connectivity index (χ4v) is 1.28. The number of nitrogens with two attached hydrogens (primary N) is 1. The average Bonchev–Trinajstić information content (AvgIpc) is 2.06. The first kappa shape index (κ1) is 8.12. The first-order chi connectivity index (χ1) is 5.38. The van der Waals surface area contributed by atoms with Gasteiger partial charge in [-0.1, -0.05) is 30.1 Å². The van der Waals surface area contributed by atoms with Crippen LogP contribution in [0.25, 0.3) is 0 Å². The van der Waals surface area contributed by atoms with Crippen molar-refractivity contribution in [1.82, 2.24) is 0 Å². The minimum Gasteiger partial charge on any atom is -0.278 e. The fourth-order valence-electron chi connectivity index (χ4n) is 0.845. The molecular weight excluding hydrogens is 156 g/mol. The lowest BCUT2D eigenvalue weighted by atomic mass is 10.1. The van der Waals surface area contributed by atoms with Crippen LogP contribution in [0.4, 0.5) is 0 Å². The third-order valence-electron chi connectivity index (χ3n) is 1.38. The summed E-state index contributed by atoms with van der Waals surface area (Å²) in [5.41, 5.74) is 1.72. The molecule has 2 N–H and O–H groups in total. The van der Waals surface area contributed by atoms with Crippen LogP contribution >= 0.6 is 11.9 Å². The van der Waals surface area contributed by atoms with E-state index in [0.29, 0.717) is 11.3 Å². The van der Waals surface area contributed by atoms with Gasteiger partial charge in [-0.05, 0) is 11.6 Å². The Morgan fingerprint density at radius 1 is 1.45 bits per heavy atom. The Labute approximate surface area is 70.2 Å². The van der Waals surface area contributed by atoms with Crippen molar-refractivity contribution in [1.29, 1.82) is 5.26 Å². The molecule has 0 bridgehead atoms. The highest BCUT2D eigenvalue weighted by atomic mass is 32.2. The van der Waals surface area contributed by atoms with Gasteiger partial charge in [-0.2, -0.15) is 5.26 Å². The molecule has 2 nitrogen and oxygen atoms in total. The maximum Gasteiger partial charge on any atom is 0.0994 e. The lowest BCUT2D eigenvalue weighted by molar-refractivity contribution is 1.36. The Morgan fingerprint density at radius 2 is 2.18 bits per heavy atom. The summed E-state index contributed by atoms with van der Waals surface area (Å²) in [5.74, 6) is 0.698. The summed E-state index contributed by atoms with van der Waals surface area (Å²) in [6, 6.07) is 9.58. The molecule has 56 valence electrons. The predicted molar refractivity (Wildman–Crippen MR) is 46.6 cm³/mol. The van der Waals surface area contributed by atoms with Gasteiger partial charge in [0.05, 0.1) is 11.6 Å². The summed E-state index contributed by atoms with van der Waals surface area (Å²) in [5, 5.41) is 13.9. The quantitative estimate of drug-likeness (QED) is 0.676. The van der Waals surface area contributed by atoms with Crippen LogP contribution in [0.5, 0.6) is 0 Å². The van der Waals surface area contributed by atoms with E-state index >= 15 is 0 Å². The summed E-state index contributed by atoms with van der Waals surface area (Å²) >= 11 is 1.23. The van der Waals surface area contributed by atoms with E-state index in [1.807, 2.05) is 18.2 Å². The molecule has 0 aliphatic rings. The van der Waals surface area contributed by atoms with Gasteiger partial charge in [-0.3, -0.25) is 5.14 Å². The zero-order chi connectivity index (χ0) is 8.10. The van der Waals surface area contributed by atoms with Gasteiger partial charge < -0.3 is 0 Å². The summed E-state index contributed by atoms with van der Waals surface area (Å²) in [4.78, 5) is 0. The number of hydrogen-bond acceptors (Lipinski definition) is 3. The number of nitrogens with zero attached hydrogens (tertiary/aromatic N) is 1. The molecule has 0 aliphatic heterocycles. The number of hydrogen-bond donors (Lipinski definition) is 1. The second-order valence-corrected chi connectivity index (χ2v) is 2.70. The van der Waals surface area contributed by atoms with Gasteiger partial charge in [0.1, 0.15) is 0 Å². The molecule has 0 radical (unpaired) electrons. The van der Waals surface area contributed by atoms with Crippen molar-refractivity contribution >= 4 is 11.9 Å². The van der Waals surface area contributed by atoms with Crippen LogP contribution in [0.1, 0.15) is 11.1 Å². The predicted octanol–water partition coefficient (Wildman–Crippen LogP) is 1.67. The van der Waals surface area contributed by atoms with Crippen LogP contribution < -0.4 is 5.14 Å². The molecule has 0 atom stereocenters. The van der Waals surface area contributed by atoms with Crippen molar-refractivity contribution in [3.63, 3.8) is 0 Å². The zero-order valence-electron chi connectivity index (χ0n) is 5.95. The highest BCUT2D eigenvalue weighted by Crippen LogP contribution is 2.11. The van der Waals surface area contributed by atoms with Crippen LogP contribution in [0.15, 0.2) is 24.3 Å². The molecule has 0 amide bonds. The topological polar surface area (TPSA) is 49.8 Å². The van der Waals surface area contributed by atoms with Crippen molar-refractivity contribution in [2.45, 2.75) is 5.75 Å². The van der Waals surface area contributed by atoms with Crippen LogP contribution in [0, 0.1) is 11.3 Å². The van der Waals surface area contributed by atoms with Crippen molar-refractivity contribution in [2.75, 3.05) is 0 Å². The van der Waals surface area contributed by atoms with Gasteiger partial charge in [0.15, 0.2) is 0 Å². The number of rotatable bonds is 2. The standard InChI is InChI=1S/C8H8N2S/c9-5-7-3-1-2-4-8(7)6-11-10/h1-4H,6,10H2. The van der Waals surface area contributed by atoms with Crippen LogP contribution in [0.3, 0.4) is 0 Å². The maximum atomic E-state index is 8.64. The Morgan fingerprint density at radius 3 is 2.82 bits per heavy atom. The molecule has 0 aromatic heterocycles. The smallest absolute Gasteiger partial charge is 0.0994 e. The summed E-state index contributed by atoms with van der Waals surface area (Å²) in [6.07, 6.45) is 0. The van der Waals surface area contributed by atoms with Crippen LogP contribution in [0.2, 0.25) is 0 Å². The van der Waals surface area contributed by atoms with Crippen LogP contribution in [-0.2, 0) is 5.75 Å². The molecular formula is C8H8N2S. The molecule has 11 heavy (non-hydrogen) atoms. The molecule has 0 saturated carbocycles. The summed E-state index contributed by atoms with van der Waals surface area (Å²) in [7, 11) is 0. The highest BCUT2D eigenvalue weighted by molar-refractivity contribution is 7.96. The molecule has 0 fully saturated rings. The van der Waals surface area contributed by atoms with Gasteiger partial charge in [0.2, 0.25) is 0 Å². The lowest BCUT2D eigenvalue weighted by Crippen LogP contribution is -1.88. The molecule has 3 heteroatoms. The van der Waals surface area contributed by atoms with Crippen molar-refractivity contribution in [2.24, 2.45) is 5.14 Å². The highest BCUT2D eigenvalue weighted by Gasteiger charge is 1.97. The number of benzene rings is 1. The van der Waals surface area contributed by atoms with E-state index < -0.39 is 0 Å². The van der Waals surface area contributed by atoms with E-state index in [0.717, 1.165) is 5.56 Å². The minimum atomic E-state index is 0.698. The second kappa shape index (κ2) is 4.02. The Kier molecular flexibility index (Phi) is 2.96. The monoisotopic (exact) mass is 164 g/mol. The first-order valence-corrected chi connectivity index (χ1v) is 4.23. The Hall–Kier alpha value is -0.980. The van der Waals surface area contributed by atoms with Gasteiger partial charge in [0, 0.05) is 5.75 Å². The molecule has 1 rings (SSSR count). The van der Waals surface area contributed by atoms with Gasteiger partial charge >= 0.3 is 0 Å². The molecule has 1 aromatic rings. The van der Waals surface area contributed by atoms with E-state index in [2.05, 4.69) is 6.07 Å². The summed E-state index contributed by atoms with van der Waals surface area (Å²) < 4.78 is 0. The normalized spacial score (nSPS) is 9.09. The second-order valence-electron chi connectivity index (χ2n) is 2.08. The van der Waals surface area contributed by atoms with E-state index in [9.17, 15) is 0 Å². The van der Waals surface area contributed by atoms with E-state index in [4.69, 9.17) is 10.4 Å². The molecule has 1 aromatic carbocycles.